The van der Waals surface area contributed by atoms with E-state index in [4.69, 9.17) is 0 Å². The van der Waals surface area contributed by atoms with Crippen LogP contribution in [0.15, 0.2) is 36.4 Å². The van der Waals surface area contributed by atoms with E-state index in [9.17, 15) is 0 Å². The lowest BCUT2D eigenvalue weighted by atomic mass is 9.87. The normalized spacial score (nSPS) is 12.8. The predicted octanol–water partition coefficient (Wildman–Crippen LogP) is 5.80. The molecule has 2 heteroatoms. The number of hydrogen-bond donors (Lipinski definition) is 0. The summed E-state index contributed by atoms with van der Waals surface area (Å²) in [7, 11) is 2.19. The van der Waals surface area contributed by atoms with Crippen molar-refractivity contribution in [2.75, 3.05) is 0 Å². The first kappa shape index (κ1) is 18.7. The molecule has 0 saturated carbocycles. The molecule has 0 fully saturated rings. The Morgan fingerprint density at radius 3 is 2.08 bits per heavy atom. The van der Waals surface area contributed by atoms with Gasteiger partial charge in [0.05, 0.1) is 12.6 Å². The number of aryl methyl sites for hydroxylation is 3. The van der Waals surface area contributed by atoms with Gasteiger partial charge in [-0.1, -0.05) is 44.5 Å². The van der Waals surface area contributed by atoms with Crippen molar-refractivity contribution >= 4 is 11.0 Å². The summed E-state index contributed by atoms with van der Waals surface area (Å²) in [4.78, 5) is 0. The zero-order valence-electron chi connectivity index (χ0n) is 17.9. The average molecular weight is 350 g/mol. The third-order valence-corrected chi connectivity index (χ3v) is 5.28. The SMILES string of the molecule is Cc1ccc(C)c(-c2n(C(C)(C)C)c3cc(C(C)(C)C)ccc3[n+]2C)c1. The minimum Gasteiger partial charge on any atom is -0.226 e. The summed E-state index contributed by atoms with van der Waals surface area (Å²) in [6.45, 7) is 18.1. The smallest absolute Gasteiger partial charge is 0.226 e. The Bertz CT molecular complexity index is 976. The Hall–Kier alpha value is -2.09. The van der Waals surface area contributed by atoms with Crippen LogP contribution < -0.4 is 4.57 Å². The molecule has 138 valence electrons. The van der Waals surface area contributed by atoms with Crippen LogP contribution in [0.4, 0.5) is 0 Å². The van der Waals surface area contributed by atoms with Crippen LogP contribution in [0.1, 0.15) is 58.2 Å². The number of aromatic nitrogens is 2. The Balaban J connectivity index is 2.47. The van der Waals surface area contributed by atoms with Gasteiger partial charge in [-0.05, 0) is 69.4 Å². The van der Waals surface area contributed by atoms with Gasteiger partial charge >= 0.3 is 0 Å². The monoisotopic (exact) mass is 349 g/mol. The lowest BCUT2D eigenvalue weighted by Crippen LogP contribution is -2.33. The second kappa shape index (κ2) is 5.97. The molecule has 0 aliphatic rings. The first-order chi connectivity index (χ1) is 11.9. The van der Waals surface area contributed by atoms with E-state index >= 15 is 0 Å². The number of nitrogens with zero attached hydrogens (tertiary/aromatic N) is 2. The molecule has 1 aromatic heterocycles. The number of hydrogen-bond acceptors (Lipinski definition) is 0. The van der Waals surface area contributed by atoms with Crippen molar-refractivity contribution in [3.05, 3.63) is 53.1 Å². The lowest BCUT2D eigenvalue weighted by molar-refractivity contribution is -0.634. The van der Waals surface area contributed by atoms with Crippen molar-refractivity contribution in [2.24, 2.45) is 7.05 Å². The van der Waals surface area contributed by atoms with Crippen LogP contribution >= 0.6 is 0 Å². The van der Waals surface area contributed by atoms with Gasteiger partial charge < -0.3 is 0 Å². The molecule has 0 amide bonds. The average Bonchev–Trinajstić information content (AvgIpc) is 2.81. The third-order valence-electron chi connectivity index (χ3n) is 5.28. The highest BCUT2D eigenvalue weighted by Gasteiger charge is 2.33. The fourth-order valence-electron chi connectivity index (χ4n) is 3.79. The van der Waals surface area contributed by atoms with Crippen LogP contribution in [0.5, 0.6) is 0 Å². The summed E-state index contributed by atoms with van der Waals surface area (Å²) in [6.07, 6.45) is 0. The molecule has 0 bridgehead atoms. The van der Waals surface area contributed by atoms with Gasteiger partial charge in [-0.25, -0.2) is 9.13 Å². The van der Waals surface area contributed by atoms with E-state index in [0.29, 0.717) is 0 Å². The quantitative estimate of drug-likeness (QED) is 0.491. The van der Waals surface area contributed by atoms with Gasteiger partial charge in [0.2, 0.25) is 0 Å². The summed E-state index contributed by atoms with van der Waals surface area (Å²) < 4.78 is 4.87. The van der Waals surface area contributed by atoms with Crippen LogP contribution in [0.25, 0.3) is 22.4 Å². The molecular formula is C24H33N2+. The zero-order valence-corrected chi connectivity index (χ0v) is 17.9. The highest BCUT2D eigenvalue weighted by molar-refractivity contribution is 5.78. The van der Waals surface area contributed by atoms with E-state index in [1.165, 1.54) is 39.1 Å². The maximum absolute atomic E-state index is 2.51. The summed E-state index contributed by atoms with van der Waals surface area (Å²) in [5, 5.41) is 0. The van der Waals surface area contributed by atoms with Crippen LogP contribution in [0, 0.1) is 13.8 Å². The van der Waals surface area contributed by atoms with Gasteiger partial charge in [0.15, 0.2) is 11.0 Å². The Morgan fingerprint density at radius 1 is 0.846 bits per heavy atom. The fraction of sp³-hybridized carbons (Fsp3) is 0.458. The molecule has 0 spiro atoms. The standard InChI is InChI=1S/C24H33N2/c1-16-10-11-17(2)19(14-16)22-25(9)20-13-12-18(23(3,4)5)15-21(20)26(22)24(6,7)8/h10-15H,1-9H3/q+1. The fourth-order valence-corrected chi connectivity index (χ4v) is 3.79. The van der Waals surface area contributed by atoms with Gasteiger partial charge in [0.1, 0.15) is 5.54 Å². The van der Waals surface area contributed by atoms with Crippen molar-refractivity contribution in [2.45, 2.75) is 66.3 Å². The molecule has 1 heterocycles. The number of imidazole rings is 1. The molecule has 3 aromatic rings. The van der Waals surface area contributed by atoms with E-state index in [2.05, 4.69) is 108 Å². The lowest BCUT2D eigenvalue weighted by Gasteiger charge is -2.21. The Labute approximate surface area is 158 Å². The summed E-state index contributed by atoms with van der Waals surface area (Å²) in [6, 6.07) is 13.7. The van der Waals surface area contributed by atoms with Gasteiger partial charge in [-0.3, -0.25) is 0 Å². The summed E-state index contributed by atoms with van der Waals surface area (Å²) >= 11 is 0. The van der Waals surface area contributed by atoms with Gasteiger partial charge in [-0.2, -0.15) is 0 Å². The van der Waals surface area contributed by atoms with E-state index in [-0.39, 0.29) is 11.0 Å². The van der Waals surface area contributed by atoms with Crippen LogP contribution in [-0.2, 0) is 18.0 Å². The molecule has 0 aliphatic carbocycles. The van der Waals surface area contributed by atoms with E-state index < -0.39 is 0 Å². The first-order valence-electron chi connectivity index (χ1n) is 9.54. The zero-order chi connectivity index (χ0) is 19.4. The minimum atomic E-state index is -0.0124. The number of rotatable bonds is 1. The number of fused-ring (bicyclic) bond motifs is 1. The van der Waals surface area contributed by atoms with Crippen molar-refractivity contribution in [3.8, 4) is 11.4 Å². The molecule has 0 unspecified atom stereocenters. The van der Waals surface area contributed by atoms with Crippen molar-refractivity contribution in [3.63, 3.8) is 0 Å². The molecule has 3 rings (SSSR count). The van der Waals surface area contributed by atoms with Crippen molar-refractivity contribution in [1.29, 1.82) is 0 Å². The van der Waals surface area contributed by atoms with Crippen molar-refractivity contribution < 1.29 is 4.57 Å². The molecule has 0 saturated heterocycles. The molecular weight excluding hydrogens is 316 g/mol. The molecule has 0 radical (unpaired) electrons. The molecule has 26 heavy (non-hydrogen) atoms. The summed E-state index contributed by atoms with van der Waals surface area (Å²) in [5.41, 5.74) is 8.02. The minimum absolute atomic E-state index is 0.0124. The first-order valence-corrected chi connectivity index (χ1v) is 9.54. The van der Waals surface area contributed by atoms with E-state index in [0.717, 1.165) is 0 Å². The molecule has 0 N–H and O–H groups in total. The maximum atomic E-state index is 2.51. The van der Waals surface area contributed by atoms with Crippen LogP contribution in [-0.4, -0.2) is 4.57 Å². The maximum Gasteiger partial charge on any atom is 0.290 e. The highest BCUT2D eigenvalue weighted by Crippen LogP contribution is 2.34. The molecule has 2 aromatic carbocycles. The van der Waals surface area contributed by atoms with Gasteiger partial charge in [0.25, 0.3) is 5.82 Å². The topological polar surface area (TPSA) is 8.81 Å². The van der Waals surface area contributed by atoms with Crippen LogP contribution in [0.3, 0.4) is 0 Å². The second-order valence-corrected chi connectivity index (χ2v) is 9.66. The Kier molecular flexibility index (Phi) is 4.29. The molecule has 0 aliphatic heterocycles. The van der Waals surface area contributed by atoms with E-state index in [1.54, 1.807) is 0 Å². The molecule has 2 nitrogen and oxygen atoms in total. The third kappa shape index (κ3) is 3.06. The summed E-state index contributed by atoms with van der Waals surface area (Å²) in [5.74, 6) is 1.28. The molecule has 0 atom stereocenters. The van der Waals surface area contributed by atoms with Gasteiger partial charge in [0, 0.05) is 0 Å². The highest BCUT2D eigenvalue weighted by atomic mass is 15.2. The number of benzene rings is 2. The predicted molar refractivity (Wildman–Crippen MR) is 112 cm³/mol. The van der Waals surface area contributed by atoms with Crippen molar-refractivity contribution in [1.82, 2.24) is 4.57 Å². The largest absolute Gasteiger partial charge is 0.290 e. The second-order valence-electron chi connectivity index (χ2n) is 9.66. The van der Waals surface area contributed by atoms with Crippen LogP contribution in [0.2, 0.25) is 0 Å². The Morgan fingerprint density at radius 2 is 1.50 bits per heavy atom. The van der Waals surface area contributed by atoms with Gasteiger partial charge in [-0.15, -0.1) is 0 Å². The van der Waals surface area contributed by atoms with E-state index in [1.807, 2.05) is 0 Å².